The number of amides is 2. The van der Waals surface area contributed by atoms with Crippen LogP contribution in [0, 0.1) is 0 Å². The van der Waals surface area contributed by atoms with E-state index in [1.807, 2.05) is 38.1 Å². The summed E-state index contributed by atoms with van der Waals surface area (Å²) in [6, 6.07) is 13.2. The van der Waals surface area contributed by atoms with Crippen molar-refractivity contribution in [1.82, 2.24) is 4.90 Å². The van der Waals surface area contributed by atoms with Gasteiger partial charge in [-0.2, -0.15) is 0 Å². The summed E-state index contributed by atoms with van der Waals surface area (Å²) in [4.78, 5) is 42.4. The number of nitrogens with one attached hydrogen (secondary N) is 1. The van der Waals surface area contributed by atoms with Gasteiger partial charge in [-0.15, -0.1) is 0 Å². The molecule has 0 bridgehead atoms. The number of amidine groups is 1. The number of carboxylic acid groups (broad SMARTS) is 1. The largest absolute Gasteiger partial charge is 0.494 e. The topological polar surface area (TPSA) is 108 Å². The first-order chi connectivity index (χ1) is 14.9. The highest BCUT2D eigenvalue weighted by Crippen LogP contribution is 2.32. The number of carbonyl (C=O) groups excluding carboxylic acids is 2. The van der Waals surface area contributed by atoms with Gasteiger partial charge in [0.1, 0.15) is 11.0 Å². The van der Waals surface area contributed by atoms with E-state index in [9.17, 15) is 14.4 Å². The van der Waals surface area contributed by atoms with E-state index < -0.39 is 11.2 Å². The monoisotopic (exact) mass is 441 g/mol. The third kappa shape index (κ3) is 5.64. The van der Waals surface area contributed by atoms with Crippen molar-refractivity contribution in [2.24, 2.45) is 4.99 Å². The summed E-state index contributed by atoms with van der Waals surface area (Å²) in [5.41, 5.74) is 1.13. The van der Waals surface area contributed by atoms with E-state index in [2.05, 4.69) is 10.3 Å². The standard InChI is InChI=1S/C22H23N3O5S/c1-3-25-20(27)18(13-19(26)23-16-7-5-6-14(12-16)21(28)29)31-22(25)24-15-8-10-17(11-9-15)30-4-2/h5-12,18H,3-4,13H2,1-2H3,(H,23,26)(H,28,29). The molecular weight excluding hydrogens is 418 g/mol. The van der Waals surface area contributed by atoms with E-state index in [1.165, 1.54) is 23.9 Å². The Balaban J connectivity index is 1.68. The number of thioether (sulfide) groups is 1. The van der Waals surface area contributed by atoms with E-state index in [1.54, 1.807) is 17.0 Å². The number of aromatic carboxylic acids is 1. The summed E-state index contributed by atoms with van der Waals surface area (Å²) in [6.45, 7) is 4.78. The molecule has 31 heavy (non-hydrogen) atoms. The fraction of sp³-hybridized carbons (Fsp3) is 0.273. The molecule has 1 atom stereocenters. The number of benzene rings is 2. The number of nitrogens with zero attached hydrogens (tertiary/aromatic N) is 2. The van der Waals surface area contributed by atoms with Crippen molar-refractivity contribution in [3.05, 3.63) is 54.1 Å². The molecule has 1 heterocycles. The molecule has 0 radical (unpaired) electrons. The second-order valence-corrected chi connectivity index (χ2v) is 7.82. The molecule has 162 valence electrons. The molecule has 2 amide bonds. The van der Waals surface area contributed by atoms with Crippen LogP contribution in [0.2, 0.25) is 0 Å². The quantitative estimate of drug-likeness (QED) is 0.646. The van der Waals surface area contributed by atoms with Crippen molar-refractivity contribution in [2.75, 3.05) is 18.5 Å². The lowest BCUT2D eigenvalue weighted by atomic mass is 10.2. The summed E-state index contributed by atoms with van der Waals surface area (Å²) in [6.07, 6.45) is -0.0421. The Labute approximate surface area is 184 Å². The molecule has 1 unspecified atom stereocenters. The zero-order chi connectivity index (χ0) is 22.4. The lowest BCUT2D eigenvalue weighted by Crippen LogP contribution is -2.33. The van der Waals surface area contributed by atoms with Crippen molar-refractivity contribution in [1.29, 1.82) is 0 Å². The molecule has 1 fully saturated rings. The van der Waals surface area contributed by atoms with E-state index in [0.717, 1.165) is 5.75 Å². The predicted octanol–water partition coefficient (Wildman–Crippen LogP) is 3.76. The van der Waals surface area contributed by atoms with E-state index in [0.29, 0.717) is 29.7 Å². The second kappa shape index (κ2) is 10.1. The van der Waals surface area contributed by atoms with Crippen molar-refractivity contribution >= 4 is 46.1 Å². The normalized spacial score (nSPS) is 17.1. The Bertz CT molecular complexity index is 1010. The van der Waals surface area contributed by atoms with Crippen molar-refractivity contribution in [3.8, 4) is 5.75 Å². The van der Waals surface area contributed by atoms with Crippen LogP contribution in [0.1, 0.15) is 30.6 Å². The summed E-state index contributed by atoms with van der Waals surface area (Å²) in [7, 11) is 0. The molecular formula is C22H23N3O5S. The molecule has 1 saturated heterocycles. The van der Waals surface area contributed by atoms with Crippen molar-refractivity contribution in [2.45, 2.75) is 25.5 Å². The van der Waals surface area contributed by atoms with Crippen LogP contribution in [0.3, 0.4) is 0 Å². The van der Waals surface area contributed by atoms with Gasteiger partial charge < -0.3 is 15.2 Å². The first-order valence-electron chi connectivity index (χ1n) is 9.84. The van der Waals surface area contributed by atoms with Gasteiger partial charge in [0.15, 0.2) is 5.17 Å². The highest BCUT2D eigenvalue weighted by atomic mass is 32.2. The number of hydrogen-bond acceptors (Lipinski definition) is 6. The maximum Gasteiger partial charge on any atom is 0.335 e. The minimum absolute atomic E-state index is 0.0421. The molecule has 1 aliphatic rings. The van der Waals surface area contributed by atoms with Gasteiger partial charge >= 0.3 is 5.97 Å². The number of rotatable bonds is 8. The lowest BCUT2D eigenvalue weighted by molar-refractivity contribution is -0.128. The maximum atomic E-state index is 12.8. The minimum atomic E-state index is -1.08. The third-order valence-corrected chi connectivity index (χ3v) is 5.65. The highest BCUT2D eigenvalue weighted by molar-refractivity contribution is 8.15. The van der Waals surface area contributed by atoms with Gasteiger partial charge in [-0.1, -0.05) is 17.8 Å². The van der Waals surface area contributed by atoms with Gasteiger partial charge in [0.25, 0.3) is 0 Å². The Morgan fingerprint density at radius 2 is 1.94 bits per heavy atom. The highest BCUT2D eigenvalue weighted by Gasteiger charge is 2.38. The average molecular weight is 442 g/mol. The fourth-order valence-corrected chi connectivity index (χ4v) is 4.24. The van der Waals surface area contributed by atoms with Crippen LogP contribution in [-0.4, -0.2) is 51.4 Å². The molecule has 2 N–H and O–H groups in total. The number of aliphatic imine (C=N–C) groups is 1. The van der Waals surface area contributed by atoms with Crippen LogP contribution in [0.5, 0.6) is 5.75 Å². The molecule has 0 aliphatic carbocycles. The molecule has 0 aromatic heterocycles. The molecule has 0 spiro atoms. The Hall–Kier alpha value is -3.33. The van der Waals surface area contributed by atoms with Crippen LogP contribution in [-0.2, 0) is 9.59 Å². The smallest absolute Gasteiger partial charge is 0.335 e. The zero-order valence-electron chi connectivity index (χ0n) is 17.2. The minimum Gasteiger partial charge on any atom is -0.494 e. The molecule has 0 saturated carbocycles. The molecule has 9 heteroatoms. The Kier molecular flexibility index (Phi) is 7.30. The van der Waals surface area contributed by atoms with Crippen molar-refractivity contribution in [3.63, 3.8) is 0 Å². The predicted molar refractivity (Wildman–Crippen MR) is 120 cm³/mol. The first-order valence-corrected chi connectivity index (χ1v) is 10.7. The van der Waals surface area contributed by atoms with Crippen LogP contribution in [0.25, 0.3) is 0 Å². The van der Waals surface area contributed by atoms with Crippen LogP contribution in [0.15, 0.2) is 53.5 Å². The molecule has 2 aromatic carbocycles. The Morgan fingerprint density at radius 3 is 2.58 bits per heavy atom. The van der Waals surface area contributed by atoms with Gasteiger partial charge in [-0.25, -0.2) is 9.79 Å². The van der Waals surface area contributed by atoms with Crippen LogP contribution in [0.4, 0.5) is 11.4 Å². The van der Waals surface area contributed by atoms with E-state index in [-0.39, 0.29) is 23.8 Å². The van der Waals surface area contributed by atoms with Gasteiger partial charge in [-0.05, 0) is 56.3 Å². The number of ether oxygens (including phenoxy) is 1. The lowest BCUT2D eigenvalue weighted by Gasteiger charge is -2.13. The number of anilines is 1. The van der Waals surface area contributed by atoms with Gasteiger partial charge in [0.05, 0.1) is 17.9 Å². The summed E-state index contributed by atoms with van der Waals surface area (Å²) >= 11 is 1.25. The summed E-state index contributed by atoms with van der Waals surface area (Å²) in [5.74, 6) is -0.875. The average Bonchev–Trinajstić information content (AvgIpc) is 3.03. The number of hydrogen-bond donors (Lipinski definition) is 2. The van der Waals surface area contributed by atoms with E-state index >= 15 is 0 Å². The van der Waals surface area contributed by atoms with Gasteiger partial charge in [0, 0.05) is 18.7 Å². The third-order valence-electron chi connectivity index (χ3n) is 4.47. The van der Waals surface area contributed by atoms with Crippen LogP contribution < -0.4 is 10.1 Å². The first kappa shape index (κ1) is 22.4. The Morgan fingerprint density at radius 1 is 1.19 bits per heavy atom. The number of carboxylic acids is 1. The van der Waals surface area contributed by atoms with Crippen LogP contribution >= 0.6 is 11.8 Å². The molecule has 8 nitrogen and oxygen atoms in total. The fourth-order valence-electron chi connectivity index (χ4n) is 3.02. The molecule has 1 aliphatic heterocycles. The zero-order valence-corrected chi connectivity index (χ0v) is 18.0. The second-order valence-electron chi connectivity index (χ2n) is 6.65. The van der Waals surface area contributed by atoms with Gasteiger partial charge in [-0.3, -0.25) is 14.5 Å². The number of carbonyl (C=O) groups is 3. The summed E-state index contributed by atoms with van der Waals surface area (Å²) in [5, 5.41) is 11.7. The van der Waals surface area contributed by atoms with E-state index in [4.69, 9.17) is 9.84 Å². The molecule has 2 aromatic rings. The SMILES string of the molecule is CCOc1ccc(N=C2SC(CC(=O)Nc3cccc(C(=O)O)c3)C(=O)N2CC)cc1. The molecule has 3 rings (SSSR count). The van der Waals surface area contributed by atoms with Crippen molar-refractivity contribution < 1.29 is 24.2 Å². The summed E-state index contributed by atoms with van der Waals surface area (Å²) < 4.78 is 5.43. The maximum absolute atomic E-state index is 12.8. The van der Waals surface area contributed by atoms with Gasteiger partial charge in [0.2, 0.25) is 11.8 Å².